The SMILES string of the molecule is Cc1cc(C)cc(CC(=O)N2CCC(Nc3nc(N)c(C(=O)c4c(F)cccc4F)s3)CC2)c1. The van der Waals surface area contributed by atoms with Gasteiger partial charge in [-0.2, -0.15) is 0 Å². The molecule has 3 N–H and O–H groups in total. The number of piperidine rings is 1. The molecule has 0 unspecified atom stereocenters. The van der Waals surface area contributed by atoms with Crippen LogP contribution < -0.4 is 11.1 Å². The first kappa shape index (κ1) is 23.8. The number of anilines is 2. The number of carbonyl (C=O) groups excluding carboxylic acids is 2. The standard InChI is InChI=1S/C25H26F2N4O2S/c1-14-10-15(2)12-16(11-14)13-20(32)31-8-6-17(7-9-31)29-25-30-24(28)23(34-25)22(33)21-18(26)4-3-5-19(21)27/h3-5,10-12,17H,6-9,13,28H2,1-2H3,(H,29,30). The number of carbonyl (C=O) groups is 2. The molecular formula is C25H26F2N4O2S. The van der Waals surface area contributed by atoms with Gasteiger partial charge in [0.15, 0.2) is 5.13 Å². The van der Waals surface area contributed by atoms with E-state index in [4.69, 9.17) is 5.73 Å². The largest absolute Gasteiger partial charge is 0.382 e. The van der Waals surface area contributed by atoms with Gasteiger partial charge >= 0.3 is 0 Å². The highest BCUT2D eigenvalue weighted by Crippen LogP contribution is 2.30. The Morgan fingerprint density at radius 1 is 1.12 bits per heavy atom. The fourth-order valence-electron chi connectivity index (χ4n) is 4.29. The van der Waals surface area contributed by atoms with Crippen molar-refractivity contribution < 1.29 is 18.4 Å². The first-order valence-corrected chi connectivity index (χ1v) is 11.9. The maximum absolute atomic E-state index is 14.0. The minimum atomic E-state index is -0.940. The molecule has 0 radical (unpaired) electrons. The quantitative estimate of drug-likeness (QED) is 0.503. The molecule has 6 nitrogen and oxygen atoms in total. The fraction of sp³-hybridized carbons (Fsp3) is 0.320. The number of hydrogen-bond donors (Lipinski definition) is 2. The fourth-order valence-corrected chi connectivity index (χ4v) is 5.20. The summed E-state index contributed by atoms with van der Waals surface area (Å²) in [6, 6.07) is 9.47. The van der Waals surface area contributed by atoms with Crippen molar-refractivity contribution in [3.05, 3.63) is 75.2 Å². The van der Waals surface area contributed by atoms with Gasteiger partial charge in [0.1, 0.15) is 22.3 Å². The second-order valence-corrected chi connectivity index (χ2v) is 9.63. The Kier molecular flexibility index (Phi) is 6.92. The van der Waals surface area contributed by atoms with E-state index in [1.165, 1.54) is 6.07 Å². The monoisotopic (exact) mass is 484 g/mol. The zero-order valence-electron chi connectivity index (χ0n) is 19.0. The summed E-state index contributed by atoms with van der Waals surface area (Å²) in [6.45, 7) is 5.26. The molecule has 178 valence electrons. The Morgan fingerprint density at radius 2 is 1.74 bits per heavy atom. The zero-order chi connectivity index (χ0) is 24.4. The van der Waals surface area contributed by atoms with Gasteiger partial charge in [-0.05, 0) is 44.4 Å². The molecule has 2 heterocycles. The third-order valence-corrected chi connectivity index (χ3v) is 6.86. The molecule has 2 aromatic carbocycles. The Bertz CT molecular complexity index is 1200. The Labute approximate surface area is 200 Å². The Balaban J connectivity index is 1.35. The molecule has 1 saturated heterocycles. The van der Waals surface area contributed by atoms with E-state index >= 15 is 0 Å². The summed E-state index contributed by atoms with van der Waals surface area (Å²) in [5.41, 5.74) is 8.55. The zero-order valence-corrected chi connectivity index (χ0v) is 19.8. The van der Waals surface area contributed by atoms with Crippen molar-refractivity contribution in [2.24, 2.45) is 0 Å². The van der Waals surface area contributed by atoms with Crippen LogP contribution in [0.1, 0.15) is 44.8 Å². The number of benzene rings is 2. The van der Waals surface area contributed by atoms with Crippen LogP contribution in [0.2, 0.25) is 0 Å². The van der Waals surface area contributed by atoms with Crippen LogP contribution in [-0.4, -0.2) is 40.7 Å². The number of rotatable bonds is 6. The number of nitrogens with two attached hydrogens (primary N) is 1. The second-order valence-electron chi connectivity index (χ2n) is 8.63. The molecule has 4 rings (SSSR count). The number of likely N-dealkylation sites (tertiary alicyclic amines) is 1. The van der Waals surface area contributed by atoms with Gasteiger partial charge in [-0.1, -0.05) is 46.7 Å². The van der Waals surface area contributed by atoms with E-state index in [1.807, 2.05) is 30.9 Å². The Morgan fingerprint density at radius 3 is 2.35 bits per heavy atom. The number of amides is 1. The van der Waals surface area contributed by atoms with Crippen LogP contribution in [0.3, 0.4) is 0 Å². The van der Waals surface area contributed by atoms with Crippen LogP contribution >= 0.6 is 11.3 Å². The van der Waals surface area contributed by atoms with Crippen molar-refractivity contribution in [3.63, 3.8) is 0 Å². The summed E-state index contributed by atoms with van der Waals surface area (Å²) < 4.78 is 28.0. The minimum Gasteiger partial charge on any atom is -0.382 e. The van der Waals surface area contributed by atoms with Crippen molar-refractivity contribution in [2.75, 3.05) is 24.1 Å². The molecule has 1 aromatic heterocycles. The lowest BCUT2D eigenvalue weighted by molar-refractivity contribution is -0.131. The first-order chi connectivity index (χ1) is 16.2. The number of ketones is 1. The van der Waals surface area contributed by atoms with Crippen LogP contribution in [0.25, 0.3) is 0 Å². The number of hydrogen-bond acceptors (Lipinski definition) is 6. The summed E-state index contributed by atoms with van der Waals surface area (Å²) in [7, 11) is 0. The van der Waals surface area contributed by atoms with E-state index in [-0.39, 0.29) is 22.6 Å². The molecule has 0 bridgehead atoms. The Hall–Kier alpha value is -3.33. The molecule has 0 atom stereocenters. The van der Waals surface area contributed by atoms with Crippen molar-refractivity contribution >= 4 is 34.0 Å². The van der Waals surface area contributed by atoms with Crippen LogP contribution in [0, 0.1) is 25.5 Å². The molecule has 1 amide bonds. The van der Waals surface area contributed by atoms with Crippen LogP contribution in [-0.2, 0) is 11.2 Å². The molecule has 3 aromatic rings. The second kappa shape index (κ2) is 9.89. The van der Waals surface area contributed by atoms with E-state index in [2.05, 4.69) is 16.4 Å². The van der Waals surface area contributed by atoms with Gasteiger partial charge in [0.2, 0.25) is 11.7 Å². The van der Waals surface area contributed by atoms with E-state index < -0.39 is 23.0 Å². The van der Waals surface area contributed by atoms with Crippen molar-refractivity contribution in [1.29, 1.82) is 0 Å². The van der Waals surface area contributed by atoms with Gasteiger partial charge in [-0.15, -0.1) is 0 Å². The van der Waals surface area contributed by atoms with Crippen molar-refractivity contribution in [2.45, 2.75) is 39.2 Å². The summed E-state index contributed by atoms with van der Waals surface area (Å²) in [4.78, 5) is 31.4. The summed E-state index contributed by atoms with van der Waals surface area (Å²) in [6.07, 6.45) is 1.80. The normalized spacial score (nSPS) is 14.3. The third-order valence-electron chi connectivity index (χ3n) is 5.86. The van der Waals surface area contributed by atoms with E-state index in [0.29, 0.717) is 37.5 Å². The molecule has 9 heteroatoms. The molecular weight excluding hydrogens is 458 g/mol. The maximum Gasteiger partial charge on any atom is 0.226 e. The van der Waals surface area contributed by atoms with E-state index in [1.54, 1.807) is 0 Å². The number of nitrogen functional groups attached to an aromatic ring is 1. The minimum absolute atomic E-state index is 0.00689. The predicted octanol–water partition coefficient (Wildman–Crippen LogP) is 4.50. The van der Waals surface area contributed by atoms with Crippen molar-refractivity contribution in [1.82, 2.24) is 9.88 Å². The lowest BCUT2D eigenvalue weighted by Gasteiger charge is -2.32. The average molecular weight is 485 g/mol. The van der Waals surface area contributed by atoms with Gasteiger partial charge < -0.3 is 16.0 Å². The van der Waals surface area contributed by atoms with Crippen LogP contribution in [0.5, 0.6) is 0 Å². The summed E-state index contributed by atoms with van der Waals surface area (Å²) in [5.74, 6) is -2.68. The van der Waals surface area contributed by atoms with E-state index in [0.717, 1.165) is 40.2 Å². The number of nitrogens with zero attached hydrogens (tertiary/aromatic N) is 2. The lowest BCUT2D eigenvalue weighted by Crippen LogP contribution is -2.43. The predicted molar refractivity (Wildman–Crippen MR) is 129 cm³/mol. The van der Waals surface area contributed by atoms with Gasteiger partial charge in [-0.3, -0.25) is 9.59 Å². The maximum atomic E-state index is 14.0. The van der Waals surface area contributed by atoms with Crippen LogP contribution in [0.15, 0.2) is 36.4 Å². The first-order valence-electron chi connectivity index (χ1n) is 11.1. The number of nitrogens with one attached hydrogen (secondary N) is 1. The molecule has 0 spiro atoms. The number of aryl methyl sites for hydroxylation is 2. The topological polar surface area (TPSA) is 88.3 Å². The summed E-state index contributed by atoms with van der Waals surface area (Å²) in [5, 5.41) is 3.67. The number of halogens is 2. The highest BCUT2D eigenvalue weighted by Gasteiger charge is 2.27. The smallest absolute Gasteiger partial charge is 0.226 e. The van der Waals surface area contributed by atoms with Gasteiger partial charge in [0.25, 0.3) is 0 Å². The number of thiazole rings is 1. The molecule has 1 aliphatic heterocycles. The van der Waals surface area contributed by atoms with Crippen LogP contribution in [0.4, 0.5) is 19.7 Å². The molecule has 1 fully saturated rings. The van der Waals surface area contributed by atoms with E-state index in [9.17, 15) is 18.4 Å². The van der Waals surface area contributed by atoms with Gasteiger partial charge in [0.05, 0.1) is 12.0 Å². The molecule has 1 aliphatic rings. The lowest BCUT2D eigenvalue weighted by atomic mass is 10.0. The molecule has 0 aliphatic carbocycles. The molecule has 0 saturated carbocycles. The third kappa shape index (κ3) is 5.25. The highest BCUT2D eigenvalue weighted by molar-refractivity contribution is 7.18. The van der Waals surface area contributed by atoms with Crippen molar-refractivity contribution in [3.8, 4) is 0 Å². The average Bonchev–Trinajstić information content (AvgIpc) is 3.13. The van der Waals surface area contributed by atoms with Gasteiger partial charge in [0, 0.05) is 19.1 Å². The highest BCUT2D eigenvalue weighted by atomic mass is 32.1. The summed E-state index contributed by atoms with van der Waals surface area (Å²) >= 11 is 0.974. The van der Waals surface area contributed by atoms with Gasteiger partial charge in [-0.25, -0.2) is 13.8 Å². The number of aromatic nitrogens is 1. The molecule has 34 heavy (non-hydrogen) atoms.